The van der Waals surface area contributed by atoms with Crippen LogP contribution >= 0.6 is 0 Å². The van der Waals surface area contributed by atoms with Gasteiger partial charge in [0.05, 0.1) is 22.4 Å². The van der Waals surface area contributed by atoms with Crippen LogP contribution in [0.4, 0.5) is 26.3 Å². The van der Waals surface area contributed by atoms with Crippen molar-refractivity contribution >= 4 is 110 Å². The fourth-order valence-corrected chi connectivity index (χ4v) is 11.0. The molecule has 2 fully saturated rings. The van der Waals surface area contributed by atoms with Crippen molar-refractivity contribution in [2.24, 2.45) is 0 Å². The lowest BCUT2D eigenvalue weighted by atomic mass is 9.74. The van der Waals surface area contributed by atoms with E-state index >= 15 is 0 Å². The molecule has 84 heavy (non-hydrogen) atoms. The third-order valence-electron chi connectivity index (χ3n) is 16.1. The molecule has 2 heterocycles. The molecule has 10 aromatic rings. The van der Waals surface area contributed by atoms with Crippen molar-refractivity contribution in [3.63, 3.8) is 0 Å². The predicted octanol–water partition coefficient (Wildman–Crippen LogP) is 15.3. The van der Waals surface area contributed by atoms with Gasteiger partial charge in [0.25, 0.3) is 0 Å². The summed E-state index contributed by atoms with van der Waals surface area (Å²) in [5.41, 5.74) is -5.45. The van der Waals surface area contributed by atoms with E-state index in [1.165, 1.54) is 66.7 Å². The van der Waals surface area contributed by atoms with E-state index in [4.69, 9.17) is 18.6 Å². The molecule has 0 atom stereocenters. The number of benzene rings is 10. The van der Waals surface area contributed by atoms with Gasteiger partial charge < -0.3 is 27.0 Å². The van der Waals surface area contributed by atoms with Gasteiger partial charge in [-0.15, -0.1) is 0 Å². The van der Waals surface area contributed by atoms with Crippen molar-refractivity contribution in [3.05, 3.63) is 181 Å². The minimum atomic E-state index is -5.92. The molecule has 0 N–H and O–H groups in total. The zero-order chi connectivity index (χ0) is 60.7. The van der Waals surface area contributed by atoms with Gasteiger partial charge in [-0.1, -0.05) is 139 Å². The molecule has 0 amide bonds. The van der Waals surface area contributed by atoms with Crippen LogP contribution in [-0.4, -0.2) is 64.5 Å². The Balaban J connectivity index is 0.000000143. The number of hydrogen-bond donors (Lipinski definition) is 0. The van der Waals surface area contributed by atoms with Crippen molar-refractivity contribution in [1.82, 2.24) is 0 Å². The number of aryl methyl sites for hydroxylation is 2. The molecule has 10 aromatic carbocycles. The lowest BCUT2D eigenvalue weighted by molar-refractivity contribution is -0.0504. The minimum absolute atomic E-state index is 0.287. The van der Waals surface area contributed by atoms with E-state index in [0.717, 1.165) is 35.2 Å². The van der Waals surface area contributed by atoms with Crippen molar-refractivity contribution in [3.8, 4) is 22.6 Å². The summed E-state index contributed by atoms with van der Waals surface area (Å²) in [4.78, 5) is 0. The summed E-state index contributed by atoms with van der Waals surface area (Å²) >= 11 is 0. The highest BCUT2D eigenvalue weighted by Crippen LogP contribution is 2.42. The van der Waals surface area contributed by atoms with E-state index in [9.17, 15) is 43.2 Å². The van der Waals surface area contributed by atoms with E-state index in [0.29, 0.717) is 21.5 Å². The zero-order valence-corrected chi connectivity index (χ0v) is 49.1. The molecule has 0 saturated carbocycles. The molecule has 12 rings (SSSR count). The molecule has 10 nitrogen and oxygen atoms in total. The second-order valence-electron chi connectivity index (χ2n) is 23.0. The fraction of sp³-hybridized carbons (Fsp3) is 0.250. The van der Waals surface area contributed by atoms with Gasteiger partial charge in [0.15, 0.2) is 0 Å². The third kappa shape index (κ3) is 11.4. The van der Waals surface area contributed by atoms with E-state index < -0.39 is 42.8 Å². The lowest BCUT2D eigenvalue weighted by Gasteiger charge is -2.32. The van der Waals surface area contributed by atoms with Crippen molar-refractivity contribution in [2.45, 2.75) is 103 Å². The second kappa shape index (κ2) is 21.4. The minimum Gasteiger partial charge on any atom is -0.399 e. The Hall–Kier alpha value is -7.19. The molecule has 2 aliphatic rings. The predicted molar refractivity (Wildman–Crippen MR) is 322 cm³/mol. The molecule has 20 heteroatoms. The molecule has 2 saturated heterocycles. The first-order chi connectivity index (χ1) is 39.2. The Kier molecular flexibility index (Phi) is 15.3. The normalized spacial score (nSPS) is 16.7. The first-order valence-electron chi connectivity index (χ1n) is 26.8. The average Bonchev–Trinajstić information content (AvgIpc) is 1.72. The highest BCUT2D eigenvalue weighted by Gasteiger charge is 2.54. The van der Waals surface area contributed by atoms with Crippen molar-refractivity contribution in [2.75, 3.05) is 0 Å². The third-order valence-corrected chi connectivity index (χ3v) is 18.1. The summed E-state index contributed by atoms with van der Waals surface area (Å²) in [6.07, 6.45) is 0. The smallest absolute Gasteiger partial charge is 0.399 e. The molecule has 0 radical (unpaired) electrons. The summed E-state index contributed by atoms with van der Waals surface area (Å²) in [7, 11) is -12.5. The zero-order valence-electron chi connectivity index (χ0n) is 47.5. The highest BCUT2D eigenvalue weighted by molar-refractivity contribution is 7.88. The molecule has 0 aromatic heterocycles. The molecule has 0 spiro atoms. The van der Waals surface area contributed by atoms with E-state index in [2.05, 4.69) is 163 Å². The Morgan fingerprint density at radius 3 is 0.988 bits per heavy atom. The van der Waals surface area contributed by atoms with Gasteiger partial charge in [-0.2, -0.15) is 43.2 Å². The van der Waals surface area contributed by atoms with Crippen molar-refractivity contribution in [1.29, 1.82) is 0 Å². The summed E-state index contributed by atoms with van der Waals surface area (Å²) < 4.78 is 154. The van der Waals surface area contributed by atoms with Crippen LogP contribution in [0, 0.1) is 13.8 Å². The first kappa shape index (κ1) is 60.0. The number of halogens is 6. The van der Waals surface area contributed by atoms with Gasteiger partial charge in [0, 0.05) is 0 Å². The van der Waals surface area contributed by atoms with Crippen LogP contribution in [0.25, 0.3) is 75.8 Å². The number of fused-ring (bicyclic) bond motifs is 12. The maximum absolute atomic E-state index is 12.7. The van der Waals surface area contributed by atoms with E-state index in [1.54, 1.807) is 24.3 Å². The van der Waals surface area contributed by atoms with Crippen LogP contribution in [0.3, 0.4) is 0 Å². The largest absolute Gasteiger partial charge is 0.534 e. The molecule has 0 aliphatic carbocycles. The van der Waals surface area contributed by atoms with Crippen LogP contribution in [0.15, 0.2) is 170 Å². The summed E-state index contributed by atoms with van der Waals surface area (Å²) in [6.45, 7) is 20.8. The Bertz CT molecular complexity index is 4190. The Morgan fingerprint density at radius 2 is 0.631 bits per heavy atom. The summed E-state index contributed by atoms with van der Waals surface area (Å²) in [6, 6.07) is 52.3. The SMILES string of the molecule is CC1(C)OB(c2ccc(B3OC(C)(C)C(C)(C)O3)cc2)OC1(C)C.Cc1ccc(-c2ccc3c4ccc(C)cc4c4ccccc4c3c2)cc1.O=S(=O)(Oc1ccc2c3ccc(OS(=O)(=O)C(F)(F)F)cc3c3ccccc3c2c1)C(F)(F)F. The lowest BCUT2D eigenvalue weighted by Crippen LogP contribution is -2.41. The maximum atomic E-state index is 12.7. The fourth-order valence-electron chi connectivity index (χ4n) is 10.1. The molecule has 0 unspecified atom stereocenters. The Labute approximate surface area is 484 Å². The monoisotopic (exact) mass is 1190 g/mol. The average molecular weight is 1190 g/mol. The summed E-state index contributed by atoms with van der Waals surface area (Å²) in [5, 5.41) is 10.1. The van der Waals surface area contributed by atoms with E-state index in [-0.39, 0.29) is 47.4 Å². The molecule has 0 bridgehead atoms. The molecule has 2 aliphatic heterocycles. The van der Waals surface area contributed by atoms with Crippen LogP contribution in [0.2, 0.25) is 0 Å². The van der Waals surface area contributed by atoms with Gasteiger partial charge >= 0.3 is 45.5 Å². The molecular formula is C64H58B2F6O10S2. The van der Waals surface area contributed by atoms with Gasteiger partial charge in [0.2, 0.25) is 0 Å². The van der Waals surface area contributed by atoms with Crippen LogP contribution < -0.4 is 19.3 Å². The maximum Gasteiger partial charge on any atom is 0.534 e. The number of alkyl halides is 6. The second-order valence-corrected chi connectivity index (χ2v) is 26.1. The standard InChI is InChI=1S/C26H20.C20H10F6O6S2.C18H28B2O4/c1-17-7-10-19(11-8-17)20-12-14-24-23-13-9-18(2)15-25(23)21-5-3-4-6-22(21)26(24)16-20;21-19(22,23)33(27,28)31-11-5-7-15-16-8-6-12(32-34(29,30)20(24,25)26)10-18(16)14-4-2-1-3-13(14)17(15)9-11;1-15(2)16(3,4)22-19(21-15)13-9-11-14(12-10-13)20-23-17(5,6)18(7,8)24-20/h3-16H,1-2H3;1-10H;9-12H,1-8H3. The van der Waals surface area contributed by atoms with Gasteiger partial charge in [-0.25, -0.2) is 0 Å². The van der Waals surface area contributed by atoms with Crippen LogP contribution in [0.1, 0.15) is 66.5 Å². The quantitative estimate of drug-likeness (QED) is 0.0501. The van der Waals surface area contributed by atoms with Gasteiger partial charge in [-0.05, 0) is 198 Å². The number of hydrogen-bond acceptors (Lipinski definition) is 10. The first-order valence-corrected chi connectivity index (χ1v) is 29.6. The Morgan fingerprint density at radius 1 is 0.345 bits per heavy atom. The molecular weight excluding hydrogens is 1130 g/mol. The number of rotatable bonds is 7. The topological polar surface area (TPSA) is 124 Å². The van der Waals surface area contributed by atoms with Crippen LogP contribution in [0.5, 0.6) is 11.5 Å². The molecule has 434 valence electrons. The highest BCUT2D eigenvalue weighted by atomic mass is 32.2. The van der Waals surface area contributed by atoms with Gasteiger partial charge in [0.1, 0.15) is 11.5 Å². The van der Waals surface area contributed by atoms with E-state index in [1.807, 2.05) is 24.3 Å². The summed E-state index contributed by atoms with van der Waals surface area (Å²) in [5.74, 6) is -1.21. The van der Waals surface area contributed by atoms with Crippen LogP contribution in [-0.2, 0) is 38.9 Å². The van der Waals surface area contributed by atoms with Gasteiger partial charge in [-0.3, -0.25) is 0 Å². The van der Waals surface area contributed by atoms with Crippen molar-refractivity contribution < 1.29 is 70.2 Å².